The van der Waals surface area contributed by atoms with Gasteiger partial charge in [-0.25, -0.2) is 13.4 Å². The highest BCUT2D eigenvalue weighted by Crippen LogP contribution is 2.39. The Balaban J connectivity index is 1.52. The van der Waals surface area contributed by atoms with E-state index in [0.717, 1.165) is 5.56 Å². The molecule has 198 valence electrons. The van der Waals surface area contributed by atoms with Crippen LogP contribution in [0.1, 0.15) is 15.9 Å². The van der Waals surface area contributed by atoms with Crippen LogP contribution in [0.15, 0.2) is 90.1 Å². The summed E-state index contributed by atoms with van der Waals surface area (Å²) in [6.07, 6.45) is 3.31. The molecule has 0 spiro atoms. The fourth-order valence-electron chi connectivity index (χ4n) is 3.82. The largest absolute Gasteiger partial charge is 0.494 e. The Morgan fingerprint density at radius 2 is 1.85 bits per heavy atom. The fraction of sp³-hybridized carbons (Fsp3) is 0.0741. The van der Waals surface area contributed by atoms with Gasteiger partial charge in [0.05, 0.1) is 28.3 Å². The Morgan fingerprint density at radius 3 is 2.56 bits per heavy atom. The normalized spacial score (nSPS) is 11.4. The lowest BCUT2D eigenvalue weighted by Gasteiger charge is -2.20. The number of rotatable bonds is 8. The number of anilines is 2. The zero-order chi connectivity index (χ0) is 27.6. The SMILES string of the molecule is COc1ccc(Cl)c2sc(N(Cc3cccnc3)C(=O)c3cccc(NS(=O)(=O)c4ccc(Cl)cc4)c3)nc12. The number of thiazole rings is 1. The summed E-state index contributed by atoms with van der Waals surface area (Å²) >= 11 is 13.6. The van der Waals surface area contributed by atoms with Crippen LogP contribution in [0, 0.1) is 0 Å². The highest BCUT2D eigenvalue weighted by atomic mass is 35.5. The molecular formula is C27H20Cl2N4O4S2. The van der Waals surface area contributed by atoms with E-state index in [1.54, 1.807) is 48.8 Å². The van der Waals surface area contributed by atoms with Crippen molar-refractivity contribution in [1.82, 2.24) is 9.97 Å². The molecule has 8 nitrogen and oxygen atoms in total. The maximum Gasteiger partial charge on any atom is 0.261 e. The van der Waals surface area contributed by atoms with Gasteiger partial charge in [-0.05, 0) is 66.2 Å². The van der Waals surface area contributed by atoms with Crippen LogP contribution in [0.4, 0.5) is 10.8 Å². The van der Waals surface area contributed by atoms with Crippen molar-refractivity contribution < 1.29 is 17.9 Å². The Bertz CT molecular complexity index is 1760. The highest BCUT2D eigenvalue weighted by Gasteiger charge is 2.24. The molecule has 0 saturated carbocycles. The van der Waals surface area contributed by atoms with Crippen molar-refractivity contribution in [2.75, 3.05) is 16.7 Å². The molecule has 0 saturated heterocycles. The average molecular weight is 600 g/mol. The highest BCUT2D eigenvalue weighted by molar-refractivity contribution is 7.92. The smallest absolute Gasteiger partial charge is 0.261 e. The molecule has 1 amide bonds. The molecule has 1 N–H and O–H groups in total. The van der Waals surface area contributed by atoms with Crippen molar-refractivity contribution in [2.45, 2.75) is 11.4 Å². The number of halogens is 2. The number of aromatic nitrogens is 2. The maximum atomic E-state index is 13.9. The first-order valence-corrected chi connectivity index (χ1v) is 14.5. The number of methoxy groups -OCH3 is 1. The number of sulfonamides is 1. The van der Waals surface area contributed by atoms with Gasteiger partial charge in [-0.2, -0.15) is 0 Å². The summed E-state index contributed by atoms with van der Waals surface area (Å²) in [6.45, 7) is 0.174. The predicted molar refractivity (Wildman–Crippen MR) is 155 cm³/mol. The van der Waals surface area contributed by atoms with Crippen molar-refractivity contribution >= 4 is 71.5 Å². The van der Waals surface area contributed by atoms with Crippen molar-refractivity contribution in [3.05, 3.63) is 106 Å². The molecule has 0 fully saturated rings. The van der Waals surface area contributed by atoms with Gasteiger partial charge >= 0.3 is 0 Å². The monoisotopic (exact) mass is 598 g/mol. The Labute approximate surface area is 238 Å². The number of hydrogen-bond donors (Lipinski definition) is 1. The quantitative estimate of drug-likeness (QED) is 0.214. The lowest BCUT2D eigenvalue weighted by Crippen LogP contribution is -2.30. The van der Waals surface area contributed by atoms with Crippen molar-refractivity contribution in [2.24, 2.45) is 0 Å². The lowest BCUT2D eigenvalue weighted by molar-refractivity contribution is 0.0985. The summed E-state index contributed by atoms with van der Waals surface area (Å²) < 4.78 is 34.4. The van der Waals surface area contributed by atoms with E-state index in [-0.39, 0.29) is 28.6 Å². The van der Waals surface area contributed by atoms with Crippen LogP contribution in [0.2, 0.25) is 10.0 Å². The number of nitrogens with one attached hydrogen (secondary N) is 1. The number of fused-ring (bicyclic) bond motifs is 1. The molecule has 0 radical (unpaired) electrons. The third kappa shape index (κ3) is 5.84. The van der Waals surface area contributed by atoms with E-state index in [1.807, 2.05) is 6.07 Å². The number of hydrogen-bond acceptors (Lipinski definition) is 7. The van der Waals surface area contributed by atoms with Crippen LogP contribution in [0.3, 0.4) is 0 Å². The molecule has 0 bridgehead atoms. The molecule has 3 aromatic carbocycles. The van der Waals surface area contributed by atoms with Gasteiger partial charge in [0.2, 0.25) is 0 Å². The molecule has 39 heavy (non-hydrogen) atoms. The van der Waals surface area contributed by atoms with Crippen LogP contribution in [-0.4, -0.2) is 31.4 Å². The molecule has 0 unspecified atom stereocenters. The molecule has 5 rings (SSSR count). The Kier molecular flexibility index (Phi) is 7.72. The van der Waals surface area contributed by atoms with Gasteiger partial charge in [-0.3, -0.25) is 19.4 Å². The maximum absolute atomic E-state index is 13.9. The Morgan fingerprint density at radius 1 is 1.05 bits per heavy atom. The van der Waals surface area contributed by atoms with E-state index in [2.05, 4.69) is 14.7 Å². The third-order valence-electron chi connectivity index (χ3n) is 5.69. The average Bonchev–Trinajstić information content (AvgIpc) is 3.38. The van der Waals surface area contributed by atoms with E-state index in [0.29, 0.717) is 31.1 Å². The van der Waals surface area contributed by atoms with Gasteiger partial charge in [0.15, 0.2) is 5.13 Å². The van der Waals surface area contributed by atoms with Gasteiger partial charge in [0.25, 0.3) is 15.9 Å². The second kappa shape index (κ2) is 11.2. The summed E-state index contributed by atoms with van der Waals surface area (Å²) in [4.78, 5) is 24.3. The number of carbonyl (C=O) groups excluding carboxylic acids is 1. The zero-order valence-electron chi connectivity index (χ0n) is 20.3. The lowest BCUT2D eigenvalue weighted by atomic mass is 10.1. The molecule has 0 aliphatic carbocycles. The first-order chi connectivity index (χ1) is 18.7. The summed E-state index contributed by atoms with van der Waals surface area (Å²) in [6, 6.07) is 19.1. The molecule has 0 aliphatic heterocycles. The third-order valence-corrected chi connectivity index (χ3v) is 8.88. The molecule has 5 aromatic rings. The van der Waals surface area contributed by atoms with E-state index in [1.165, 1.54) is 53.7 Å². The molecule has 0 aliphatic rings. The van der Waals surface area contributed by atoms with Gasteiger partial charge < -0.3 is 4.74 Å². The summed E-state index contributed by atoms with van der Waals surface area (Å²) in [5.74, 6) is 0.143. The number of ether oxygens (including phenoxy) is 1. The summed E-state index contributed by atoms with van der Waals surface area (Å²) in [7, 11) is -2.37. The van der Waals surface area contributed by atoms with Crippen LogP contribution < -0.4 is 14.4 Å². The van der Waals surface area contributed by atoms with Crippen molar-refractivity contribution in [3.8, 4) is 5.75 Å². The van der Waals surface area contributed by atoms with Crippen LogP contribution >= 0.6 is 34.5 Å². The minimum Gasteiger partial charge on any atom is -0.494 e. The summed E-state index contributed by atoms with van der Waals surface area (Å²) in [5.41, 5.74) is 1.81. The van der Waals surface area contributed by atoms with Gasteiger partial charge in [0, 0.05) is 28.7 Å². The second-order valence-corrected chi connectivity index (χ2v) is 11.8. The van der Waals surface area contributed by atoms with E-state index >= 15 is 0 Å². The van der Waals surface area contributed by atoms with Crippen LogP contribution in [0.5, 0.6) is 5.75 Å². The van der Waals surface area contributed by atoms with E-state index < -0.39 is 10.0 Å². The first-order valence-electron chi connectivity index (χ1n) is 11.5. The number of nitrogens with zero attached hydrogens (tertiary/aromatic N) is 3. The van der Waals surface area contributed by atoms with E-state index in [9.17, 15) is 13.2 Å². The molecule has 2 heterocycles. The molecule has 12 heteroatoms. The number of pyridine rings is 1. The minimum atomic E-state index is -3.90. The standard InChI is InChI=1S/C27H20Cl2N4O4S2/c1-37-23-12-11-22(29)25-24(23)31-27(38-25)33(16-17-4-3-13-30-15-17)26(34)18-5-2-6-20(14-18)32-39(35,36)21-9-7-19(28)8-10-21/h2-15,32H,16H2,1H3. The number of benzene rings is 3. The molecule has 0 atom stereocenters. The first kappa shape index (κ1) is 26.9. The second-order valence-electron chi connectivity index (χ2n) is 8.32. The van der Waals surface area contributed by atoms with E-state index in [4.69, 9.17) is 27.9 Å². The van der Waals surface area contributed by atoms with Crippen molar-refractivity contribution in [3.63, 3.8) is 0 Å². The summed E-state index contributed by atoms with van der Waals surface area (Å²) in [5, 5.41) is 1.31. The number of carbonyl (C=O) groups is 1. The van der Waals surface area contributed by atoms with Gasteiger partial charge in [0.1, 0.15) is 11.3 Å². The predicted octanol–water partition coefficient (Wildman–Crippen LogP) is 6.65. The Hall–Kier alpha value is -3.70. The van der Waals surface area contributed by atoms with Crippen LogP contribution in [0.25, 0.3) is 10.2 Å². The fourth-order valence-corrected chi connectivity index (χ4v) is 6.25. The van der Waals surface area contributed by atoms with Gasteiger partial charge in [-0.1, -0.05) is 46.7 Å². The molecular weight excluding hydrogens is 579 g/mol. The van der Waals surface area contributed by atoms with Crippen LogP contribution in [-0.2, 0) is 16.6 Å². The minimum absolute atomic E-state index is 0.0436. The topological polar surface area (TPSA) is 101 Å². The van der Waals surface area contributed by atoms with Crippen molar-refractivity contribution in [1.29, 1.82) is 0 Å². The number of amides is 1. The molecule has 2 aromatic heterocycles. The van der Waals surface area contributed by atoms with Gasteiger partial charge in [-0.15, -0.1) is 0 Å². The zero-order valence-corrected chi connectivity index (χ0v) is 23.5.